The third-order valence-corrected chi connectivity index (χ3v) is 6.66. The Labute approximate surface area is 196 Å². The second kappa shape index (κ2) is 9.58. The van der Waals surface area contributed by atoms with Gasteiger partial charge in [0, 0.05) is 6.04 Å². The van der Waals surface area contributed by atoms with Gasteiger partial charge in [0.15, 0.2) is 0 Å². The standard InChI is InChI=1S/C26H27N3O3S/c1-17-9-12-21(18(2)15-17)29-25(31)24-22(13-14-33-24)28(26(29)32)16-23(30)27-19(3)10-11-20-7-5-4-6-8-20/h4-9,12-15,19H,10-11,16H2,1-3H3,(H,27,30)/t19-/m1/s1. The summed E-state index contributed by atoms with van der Waals surface area (Å²) in [5, 5.41) is 4.77. The number of amides is 1. The molecule has 1 amide bonds. The lowest BCUT2D eigenvalue weighted by molar-refractivity contribution is -0.122. The minimum absolute atomic E-state index is 0.0448. The average Bonchev–Trinajstić information content (AvgIpc) is 3.27. The Morgan fingerprint density at radius 1 is 1.06 bits per heavy atom. The van der Waals surface area contributed by atoms with E-state index in [0.29, 0.717) is 15.9 Å². The largest absolute Gasteiger partial charge is 0.352 e. The van der Waals surface area contributed by atoms with Gasteiger partial charge in [-0.15, -0.1) is 11.3 Å². The van der Waals surface area contributed by atoms with Crippen molar-refractivity contribution in [2.45, 2.75) is 46.2 Å². The summed E-state index contributed by atoms with van der Waals surface area (Å²) in [6.07, 6.45) is 1.65. The first-order valence-corrected chi connectivity index (χ1v) is 11.9. The molecule has 4 aromatic rings. The summed E-state index contributed by atoms with van der Waals surface area (Å²) >= 11 is 1.28. The lowest BCUT2D eigenvalue weighted by atomic mass is 10.1. The molecule has 0 radical (unpaired) electrons. The average molecular weight is 462 g/mol. The van der Waals surface area contributed by atoms with Gasteiger partial charge in [-0.2, -0.15) is 0 Å². The van der Waals surface area contributed by atoms with Gasteiger partial charge in [0.05, 0.1) is 11.2 Å². The number of benzene rings is 2. The monoisotopic (exact) mass is 461 g/mol. The zero-order valence-corrected chi connectivity index (χ0v) is 19.8. The van der Waals surface area contributed by atoms with E-state index >= 15 is 0 Å². The van der Waals surface area contributed by atoms with E-state index in [9.17, 15) is 14.4 Å². The predicted octanol–water partition coefficient (Wildman–Crippen LogP) is 3.97. The molecule has 0 spiro atoms. The van der Waals surface area contributed by atoms with Crippen molar-refractivity contribution in [3.8, 4) is 5.69 Å². The Hall–Kier alpha value is -3.45. The van der Waals surface area contributed by atoms with E-state index in [1.54, 1.807) is 17.5 Å². The molecule has 0 unspecified atom stereocenters. The second-order valence-corrected chi connectivity index (χ2v) is 9.34. The topological polar surface area (TPSA) is 73.1 Å². The smallest absolute Gasteiger partial charge is 0.336 e. The Kier molecular flexibility index (Phi) is 6.60. The number of aryl methyl sites for hydroxylation is 3. The molecule has 2 aromatic carbocycles. The third kappa shape index (κ3) is 4.83. The first-order chi connectivity index (χ1) is 15.8. The Morgan fingerprint density at radius 2 is 1.82 bits per heavy atom. The molecule has 0 fully saturated rings. The van der Waals surface area contributed by atoms with E-state index in [2.05, 4.69) is 17.4 Å². The fourth-order valence-corrected chi connectivity index (χ4v) is 4.90. The normalized spacial score (nSPS) is 12.1. The molecule has 170 valence electrons. The van der Waals surface area contributed by atoms with Crippen LogP contribution >= 0.6 is 11.3 Å². The molecule has 7 heteroatoms. The zero-order valence-electron chi connectivity index (χ0n) is 19.0. The number of nitrogens with zero attached hydrogens (tertiary/aromatic N) is 2. The van der Waals surface area contributed by atoms with Crippen LogP contribution in [0.25, 0.3) is 15.9 Å². The highest BCUT2D eigenvalue weighted by Crippen LogP contribution is 2.18. The molecular weight excluding hydrogens is 434 g/mol. The van der Waals surface area contributed by atoms with Crippen LogP contribution in [0, 0.1) is 13.8 Å². The van der Waals surface area contributed by atoms with E-state index < -0.39 is 5.69 Å². The molecule has 0 bridgehead atoms. The van der Waals surface area contributed by atoms with Gasteiger partial charge in [0.1, 0.15) is 11.2 Å². The molecule has 2 heterocycles. The molecule has 6 nitrogen and oxygen atoms in total. The van der Waals surface area contributed by atoms with Crippen molar-refractivity contribution in [3.05, 3.63) is 97.5 Å². The maximum absolute atomic E-state index is 13.4. The number of carbonyl (C=O) groups is 1. The van der Waals surface area contributed by atoms with Gasteiger partial charge in [-0.3, -0.25) is 14.2 Å². The van der Waals surface area contributed by atoms with Crippen LogP contribution in [0.15, 0.2) is 69.6 Å². The van der Waals surface area contributed by atoms with Crippen molar-refractivity contribution in [2.24, 2.45) is 0 Å². The Balaban J connectivity index is 1.61. The number of fused-ring (bicyclic) bond motifs is 1. The number of nitrogens with one attached hydrogen (secondary N) is 1. The van der Waals surface area contributed by atoms with Gasteiger partial charge in [0.25, 0.3) is 5.56 Å². The summed E-state index contributed by atoms with van der Waals surface area (Å²) in [6, 6.07) is 17.4. The highest BCUT2D eigenvalue weighted by atomic mass is 32.1. The number of hydrogen-bond donors (Lipinski definition) is 1. The lowest BCUT2D eigenvalue weighted by Gasteiger charge is -2.16. The van der Waals surface area contributed by atoms with Crippen LogP contribution in [0.4, 0.5) is 0 Å². The maximum Gasteiger partial charge on any atom is 0.336 e. The van der Waals surface area contributed by atoms with Crippen molar-refractivity contribution in [1.29, 1.82) is 0 Å². The van der Waals surface area contributed by atoms with Gasteiger partial charge in [0.2, 0.25) is 5.91 Å². The number of aromatic nitrogens is 2. The summed E-state index contributed by atoms with van der Waals surface area (Å²) in [4.78, 5) is 39.4. The molecule has 0 aliphatic heterocycles. The van der Waals surface area contributed by atoms with Gasteiger partial charge < -0.3 is 5.32 Å². The van der Waals surface area contributed by atoms with Gasteiger partial charge in [-0.05, 0) is 62.3 Å². The number of rotatable bonds is 7. The molecule has 33 heavy (non-hydrogen) atoms. The SMILES string of the molecule is Cc1ccc(-n2c(=O)c3sccc3n(CC(=O)N[C@H](C)CCc3ccccc3)c2=O)c(C)c1. The van der Waals surface area contributed by atoms with E-state index in [1.807, 2.05) is 51.1 Å². The first-order valence-electron chi connectivity index (χ1n) is 11.0. The van der Waals surface area contributed by atoms with Gasteiger partial charge >= 0.3 is 5.69 Å². The van der Waals surface area contributed by atoms with Crippen LogP contribution in [0.3, 0.4) is 0 Å². The quantitative estimate of drug-likeness (QED) is 0.453. The van der Waals surface area contributed by atoms with Crippen molar-refractivity contribution in [3.63, 3.8) is 0 Å². The minimum atomic E-state index is -0.509. The maximum atomic E-state index is 13.4. The summed E-state index contributed by atoms with van der Waals surface area (Å²) in [5.41, 5.74) is 3.26. The summed E-state index contributed by atoms with van der Waals surface area (Å²) in [7, 11) is 0. The summed E-state index contributed by atoms with van der Waals surface area (Å²) in [5.74, 6) is -0.254. The number of carbonyl (C=O) groups excluding carboxylic acids is 1. The molecule has 0 aliphatic carbocycles. The van der Waals surface area contributed by atoms with E-state index in [4.69, 9.17) is 0 Å². The van der Waals surface area contributed by atoms with Crippen LogP contribution in [0.5, 0.6) is 0 Å². The molecule has 0 saturated heterocycles. The minimum Gasteiger partial charge on any atom is -0.352 e. The molecule has 4 rings (SSSR count). The summed E-state index contributed by atoms with van der Waals surface area (Å²) in [6.45, 7) is 5.65. The van der Waals surface area contributed by atoms with E-state index in [0.717, 1.165) is 24.0 Å². The van der Waals surface area contributed by atoms with Crippen molar-refractivity contribution in [2.75, 3.05) is 0 Å². The highest BCUT2D eigenvalue weighted by molar-refractivity contribution is 7.17. The molecule has 2 aromatic heterocycles. The molecule has 0 aliphatic rings. The highest BCUT2D eigenvalue weighted by Gasteiger charge is 2.19. The zero-order chi connectivity index (χ0) is 23.5. The fraction of sp³-hybridized carbons (Fsp3) is 0.269. The molecule has 1 N–H and O–H groups in total. The molecule has 0 saturated carbocycles. The Bertz CT molecular complexity index is 1420. The van der Waals surface area contributed by atoms with Crippen molar-refractivity contribution < 1.29 is 4.79 Å². The van der Waals surface area contributed by atoms with E-state index in [1.165, 1.54) is 26.0 Å². The predicted molar refractivity (Wildman–Crippen MR) is 134 cm³/mol. The number of thiophene rings is 1. The third-order valence-electron chi connectivity index (χ3n) is 5.77. The fourth-order valence-electron chi connectivity index (χ4n) is 4.07. The Morgan fingerprint density at radius 3 is 2.55 bits per heavy atom. The van der Waals surface area contributed by atoms with Crippen LogP contribution in [0.1, 0.15) is 30.0 Å². The summed E-state index contributed by atoms with van der Waals surface area (Å²) < 4.78 is 3.03. The molecular formula is C26H27N3O3S. The molecule has 1 atom stereocenters. The van der Waals surface area contributed by atoms with Crippen molar-refractivity contribution >= 4 is 27.5 Å². The van der Waals surface area contributed by atoms with Crippen LogP contribution in [0.2, 0.25) is 0 Å². The van der Waals surface area contributed by atoms with Crippen LogP contribution < -0.4 is 16.6 Å². The van der Waals surface area contributed by atoms with Crippen LogP contribution in [-0.2, 0) is 17.8 Å². The van der Waals surface area contributed by atoms with Gasteiger partial charge in [-0.25, -0.2) is 9.36 Å². The van der Waals surface area contributed by atoms with Gasteiger partial charge in [-0.1, -0.05) is 48.0 Å². The lowest BCUT2D eigenvalue weighted by Crippen LogP contribution is -2.43. The van der Waals surface area contributed by atoms with Crippen LogP contribution in [-0.4, -0.2) is 21.1 Å². The second-order valence-electron chi connectivity index (χ2n) is 8.43. The first kappa shape index (κ1) is 22.7. The number of hydrogen-bond acceptors (Lipinski definition) is 4. The van der Waals surface area contributed by atoms with Crippen molar-refractivity contribution in [1.82, 2.24) is 14.5 Å². The van der Waals surface area contributed by atoms with E-state index in [-0.39, 0.29) is 24.1 Å².